The predicted octanol–water partition coefficient (Wildman–Crippen LogP) is 1.66. The van der Waals surface area contributed by atoms with Crippen LogP contribution in [0.25, 0.3) is 0 Å². The molecule has 4 nitrogen and oxygen atoms in total. The van der Waals surface area contributed by atoms with E-state index in [1.165, 1.54) is 18.2 Å². The minimum Gasteiger partial charge on any atom is -0.389 e. The Balaban J connectivity index is 3.09. The van der Waals surface area contributed by atoms with Gasteiger partial charge in [0.05, 0.1) is 9.92 Å². The molecule has 0 spiro atoms. The van der Waals surface area contributed by atoms with Gasteiger partial charge in [0.25, 0.3) is 0 Å². The highest BCUT2D eigenvalue weighted by Crippen LogP contribution is 2.20. The Morgan fingerprint density at radius 1 is 1.53 bits per heavy atom. The molecule has 0 bridgehead atoms. The molecule has 1 aromatic rings. The maximum absolute atomic E-state index is 11.8. The molecular formula is C10H13ClN2O2S2. The quantitative estimate of drug-likeness (QED) is 0.810. The summed E-state index contributed by atoms with van der Waals surface area (Å²) in [5.74, 6) is 0. The summed E-state index contributed by atoms with van der Waals surface area (Å²) < 4.78 is 26.0. The number of hydrogen-bond donors (Lipinski definition) is 2. The van der Waals surface area contributed by atoms with E-state index >= 15 is 0 Å². The van der Waals surface area contributed by atoms with E-state index in [9.17, 15) is 8.42 Å². The van der Waals surface area contributed by atoms with Crippen molar-refractivity contribution >= 4 is 38.8 Å². The summed E-state index contributed by atoms with van der Waals surface area (Å²) in [6.07, 6.45) is 0.720. The number of thiocarbonyl (C=S) groups is 1. The highest BCUT2D eigenvalue weighted by atomic mass is 35.5. The number of benzene rings is 1. The SMILES string of the molecule is CCCNS(=O)(=O)c1ccc(C(N)=S)c(Cl)c1. The molecule has 94 valence electrons. The third kappa shape index (κ3) is 3.64. The van der Waals surface area contributed by atoms with Crippen LogP contribution in [-0.4, -0.2) is 20.0 Å². The molecule has 0 fully saturated rings. The second-order valence-corrected chi connectivity index (χ2v) is 6.02. The fourth-order valence-electron chi connectivity index (χ4n) is 1.18. The van der Waals surface area contributed by atoms with Crippen molar-refractivity contribution in [1.29, 1.82) is 0 Å². The largest absolute Gasteiger partial charge is 0.389 e. The zero-order valence-electron chi connectivity index (χ0n) is 9.23. The van der Waals surface area contributed by atoms with Crippen molar-refractivity contribution in [2.75, 3.05) is 6.54 Å². The van der Waals surface area contributed by atoms with E-state index < -0.39 is 10.0 Å². The third-order valence-corrected chi connectivity index (χ3v) is 4.05. The standard InChI is InChI=1S/C10H13ClN2O2S2/c1-2-5-13-17(14,15)7-3-4-8(10(12)16)9(11)6-7/h3-4,6,13H,2,5H2,1H3,(H2,12,16). The second-order valence-electron chi connectivity index (χ2n) is 3.40. The van der Waals surface area contributed by atoms with Gasteiger partial charge in [-0.25, -0.2) is 13.1 Å². The Morgan fingerprint density at radius 2 is 2.18 bits per heavy atom. The van der Waals surface area contributed by atoms with Gasteiger partial charge in [0.1, 0.15) is 4.99 Å². The highest BCUT2D eigenvalue weighted by molar-refractivity contribution is 7.89. The second kappa shape index (κ2) is 5.77. The van der Waals surface area contributed by atoms with Crippen LogP contribution in [0.1, 0.15) is 18.9 Å². The van der Waals surface area contributed by atoms with Crippen LogP contribution in [-0.2, 0) is 10.0 Å². The van der Waals surface area contributed by atoms with Crippen molar-refractivity contribution in [3.63, 3.8) is 0 Å². The van der Waals surface area contributed by atoms with Crippen LogP contribution in [0.2, 0.25) is 5.02 Å². The van der Waals surface area contributed by atoms with Gasteiger partial charge in [0.15, 0.2) is 0 Å². The molecule has 0 heterocycles. The van der Waals surface area contributed by atoms with Crippen molar-refractivity contribution < 1.29 is 8.42 Å². The minimum atomic E-state index is -3.51. The van der Waals surface area contributed by atoms with Gasteiger partial charge in [-0.15, -0.1) is 0 Å². The van der Waals surface area contributed by atoms with Gasteiger partial charge >= 0.3 is 0 Å². The Bertz CT molecular complexity index is 529. The van der Waals surface area contributed by atoms with E-state index in [1.807, 2.05) is 6.92 Å². The van der Waals surface area contributed by atoms with Gasteiger partial charge in [-0.1, -0.05) is 30.7 Å². The van der Waals surface area contributed by atoms with Crippen LogP contribution in [0.15, 0.2) is 23.1 Å². The van der Waals surface area contributed by atoms with E-state index in [2.05, 4.69) is 4.72 Å². The summed E-state index contributed by atoms with van der Waals surface area (Å²) in [5, 5.41) is 0.233. The fourth-order valence-corrected chi connectivity index (χ4v) is 2.92. The summed E-state index contributed by atoms with van der Waals surface area (Å²) in [6.45, 7) is 2.27. The van der Waals surface area contributed by atoms with Crippen LogP contribution in [0.3, 0.4) is 0 Å². The van der Waals surface area contributed by atoms with E-state index in [0.29, 0.717) is 12.1 Å². The average molecular weight is 293 g/mol. The lowest BCUT2D eigenvalue weighted by Gasteiger charge is -2.08. The van der Waals surface area contributed by atoms with Crippen molar-refractivity contribution in [2.24, 2.45) is 5.73 Å². The molecule has 7 heteroatoms. The third-order valence-electron chi connectivity index (χ3n) is 2.06. The molecule has 3 N–H and O–H groups in total. The molecule has 0 atom stereocenters. The van der Waals surface area contributed by atoms with Crippen LogP contribution in [0.5, 0.6) is 0 Å². The number of nitrogens with two attached hydrogens (primary N) is 1. The summed E-state index contributed by atoms with van der Waals surface area (Å²) in [6, 6.07) is 4.28. The van der Waals surface area contributed by atoms with E-state index in [1.54, 1.807) is 0 Å². The van der Waals surface area contributed by atoms with E-state index in [-0.39, 0.29) is 14.9 Å². The average Bonchev–Trinajstić information content (AvgIpc) is 2.25. The molecule has 0 aliphatic rings. The van der Waals surface area contributed by atoms with Gasteiger partial charge < -0.3 is 5.73 Å². The first-order valence-corrected chi connectivity index (χ1v) is 7.24. The molecular weight excluding hydrogens is 280 g/mol. The van der Waals surface area contributed by atoms with E-state index in [0.717, 1.165) is 6.42 Å². The smallest absolute Gasteiger partial charge is 0.240 e. The first-order valence-electron chi connectivity index (χ1n) is 4.97. The molecule has 0 aromatic heterocycles. The van der Waals surface area contributed by atoms with Gasteiger partial charge in [-0.3, -0.25) is 0 Å². The summed E-state index contributed by atoms with van der Waals surface area (Å²) in [5.41, 5.74) is 5.90. The highest BCUT2D eigenvalue weighted by Gasteiger charge is 2.15. The van der Waals surface area contributed by atoms with Gasteiger partial charge in [-0.2, -0.15) is 0 Å². The molecule has 0 saturated heterocycles. The lowest BCUT2D eigenvalue weighted by molar-refractivity contribution is 0.581. The van der Waals surface area contributed by atoms with Gasteiger partial charge in [0, 0.05) is 12.1 Å². The van der Waals surface area contributed by atoms with Crippen LogP contribution >= 0.6 is 23.8 Å². The van der Waals surface area contributed by atoms with E-state index in [4.69, 9.17) is 29.6 Å². The zero-order chi connectivity index (χ0) is 13.1. The Hall–Kier alpha value is -0.690. The van der Waals surface area contributed by atoms with Crippen LogP contribution < -0.4 is 10.5 Å². The number of rotatable bonds is 5. The monoisotopic (exact) mass is 292 g/mol. The molecule has 0 amide bonds. The van der Waals surface area contributed by atoms with Gasteiger partial charge in [-0.05, 0) is 24.6 Å². The summed E-state index contributed by atoms with van der Waals surface area (Å²) in [4.78, 5) is 0.247. The predicted molar refractivity (Wildman–Crippen MR) is 72.8 cm³/mol. The summed E-state index contributed by atoms with van der Waals surface area (Å²) >= 11 is 10.7. The van der Waals surface area contributed by atoms with Crippen molar-refractivity contribution in [2.45, 2.75) is 18.2 Å². The number of sulfonamides is 1. The molecule has 17 heavy (non-hydrogen) atoms. The number of halogens is 1. The fraction of sp³-hybridized carbons (Fsp3) is 0.300. The molecule has 0 aliphatic heterocycles. The van der Waals surface area contributed by atoms with Crippen molar-refractivity contribution in [3.8, 4) is 0 Å². The number of hydrogen-bond acceptors (Lipinski definition) is 3. The zero-order valence-corrected chi connectivity index (χ0v) is 11.6. The summed E-state index contributed by atoms with van der Waals surface area (Å²) in [7, 11) is -3.51. The lowest BCUT2D eigenvalue weighted by atomic mass is 10.2. The lowest BCUT2D eigenvalue weighted by Crippen LogP contribution is -2.24. The molecule has 1 rings (SSSR count). The molecule has 0 unspecified atom stereocenters. The maximum atomic E-state index is 11.8. The molecule has 1 aromatic carbocycles. The maximum Gasteiger partial charge on any atom is 0.240 e. The van der Waals surface area contributed by atoms with Crippen molar-refractivity contribution in [1.82, 2.24) is 4.72 Å². The molecule has 0 saturated carbocycles. The van der Waals surface area contributed by atoms with Crippen LogP contribution in [0, 0.1) is 0 Å². The van der Waals surface area contributed by atoms with Gasteiger partial charge in [0.2, 0.25) is 10.0 Å². The van der Waals surface area contributed by atoms with Crippen molar-refractivity contribution in [3.05, 3.63) is 28.8 Å². The Kier molecular flexibility index (Phi) is 4.88. The topological polar surface area (TPSA) is 72.2 Å². The first kappa shape index (κ1) is 14.4. The Labute approximate surface area is 111 Å². The minimum absolute atomic E-state index is 0.107. The molecule has 0 aliphatic carbocycles. The first-order chi connectivity index (χ1) is 7.88. The number of nitrogens with one attached hydrogen (secondary N) is 1. The van der Waals surface area contributed by atoms with Crippen LogP contribution in [0.4, 0.5) is 0 Å². The normalized spacial score (nSPS) is 11.4. The molecule has 0 radical (unpaired) electrons. The Morgan fingerprint density at radius 3 is 2.65 bits per heavy atom.